The summed E-state index contributed by atoms with van der Waals surface area (Å²) in [4.78, 5) is 0. The smallest absolute Gasteiger partial charge is 0.128 e. The van der Waals surface area contributed by atoms with Crippen LogP contribution in [0.15, 0.2) is 48.8 Å². The Kier molecular flexibility index (Phi) is 3.06. The van der Waals surface area contributed by atoms with E-state index in [9.17, 15) is 5.11 Å². The van der Waals surface area contributed by atoms with Crippen LogP contribution in [0, 0.1) is 0 Å². The van der Waals surface area contributed by atoms with Gasteiger partial charge >= 0.3 is 0 Å². The Labute approximate surface area is 117 Å². The van der Waals surface area contributed by atoms with Gasteiger partial charge in [0.05, 0.1) is 17.9 Å². The number of hydrogen-bond acceptors (Lipinski definition) is 3. The summed E-state index contributed by atoms with van der Waals surface area (Å²) in [5.74, 6) is 0.340. The third kappa shape index (κ3) is 2.20. The average Bonchev–Trinajstić information content (AvgIpc) is 2.84. The highest BCUT2D eigenvalue weighted by Gasteiger charge is 2.13. The van der Waals surface area contributed by atoms with E-state index in [-0.39, 0.29) is 6.04 Å². The van der Waals surface area contributed by atoms with Crippen LogP contribution >= 0.6 is 0 Å². The highest BCUT2D eigenvalue weighted by atomic mass is 16.3. The summed E-state index contributed by atoms with van der Waals surface area (Å²) in [5.41, 5.74) is 1.82. The molecular formula is C16H17N3O. The number of benzene rings is 2. The Balaban J connectivity index is 1.95. The molecule has 0 aliphatic rings. The maximum Gasteiger partial charge on any atom is 0.128 e. The van der Waals surface area contributed by atoms with Crippen molar-refractivity contribution in [2.24, 2.45) is 7.05 Å². The molecule has 0 bridgehead atoms. The van der Waals surface area contributed by atoms with Crippen LogP contribution in [0.1, 0.15) is 18.5 Å². The number of phenolic OH excluding ortho intramolecular Hbond substituents is 1. The van der Waals surface area contributed by atoms with E-state index in [1.54, 1.807) is 10.9 Å². The third-order valence-corrected chi connectivity index (χ3v) is 3.49. The minimum atomic E-state index is 0.00352. The quantitative estimate of drug-likeness (QED) is 0.764. The van der Waals surface area contributed by atoms with Gasteiger partial charge in [-0.15, -0.1) is 0 Å². The maximum absolute atomic E-state index is 10.4. The first-order valence-electron chi connectivity index (χ1n) is 6.61. The summed E-state index contributed by atoms with van der Waals surface area (Å²) in [6, 6.07) is 11.8. The second-order valence-corrected chi connectivity index (χ2v) is 4.99. The van der Waals surface area contributed by atoms with Gasteiger partial charge < -0.3 is 10.4 Å². The van der Waals surface area contributed by atoms with Gasteiger partial charge in [-0.3, -0.25) is 4.68 Å². The van der Waals surface area contributed by atoms with Crippen molar-refractivity contribution in [3.05, 3.63) is 54.4 Å². The number of nitrogens with zero attached hydrogens (tertiary/aromatic N) is 2. The van der Waals surface area contributed by atoms with Crippen LogP contribution < -0.4 is 5.32 Å². The fourth-order valence-electron chi connectivity index (χ4n) is 2.44. The van der Waals surface area contributed by atoms with Crippen LogP contribution in [-0.4, -0.2) is 14.9 Å². The standard InChI is InChI=1S/C16H17N3O/c1-11(18-13-9-17-19(2)10-13)14-8-7-12-5-3-4-6-15(12)16(14)20/h3-11,18,20H,1-2H3. The molecule has 1 heterocycles. The summed E-state index contributed by atoms with van der Waals surface area (Å²) in [6.07, 6.45) is 3.68. The fraction of sp³-hybridized carbons (Fsp3) is 0.188. The van der Waals surface area contributed by atoms with E-state index < -0.39 is 0 Å². The molecule has 102 valence electrons. The van der Waals surface area contributed by atoms with E-state index in [0.717, 1.165) is 22.0 Å². The Hall–Kier alpha value is -2.49. The first kappa shape index (κ1) is 12.5. The summed E-state index contributed by atoms with van der Waals surface area (Å²) >= 11 is 0. The molecule has 1 unspecified atom stereocenters. The molecule has 3 rings (SSSR count). The maximum atomic E-state index is 10.4. The number of fused-ring (bicyclic) bond motifs is 1. The molecule has 0 amide bonds. The molecule has 20 heavy (non-hydrogen) atoms. The molecule has 1 atom stereocenters. The molecule has 0 spiro atoms. The summed E-state index contributed by atoms with van der Waals surface area (Å²) < 4.78 is 1.75. The van der Waals surface area contributed by atoms with Crippen molar-refractivity contribution in [1.29, 1.82) is 0 Å². The number of rotatable bonds is 3. The zero-order chi connectivity index (χ0) is 14.1. The van der Waals surface area contributed by atoms with Gasteiger partial charge in [0.25, 0.3) is 0 Å². The molecule has 0 aliphatic carbocycles. The number of nitrogens with one attached hydrogen (secondary N) is 1. The van der Waals surface area contributed by atoms with Crippen LogP contribution in [0.2, 0.25) is 0 Å². The fourth-order valence-corrected chi connectivity index (χ4v) is 2.44. The molecule has 4 nitrogen and oxygen atoms in total. The van der Waals surface area contributed by atoms with Crippen molar-refractivity contribution >= 4 is 16.5 Å². The molecule has 1 aromatic heterocycles. The van der Waals surface area contributed by atoms with E-state index in [4.69, 9.17) is 0 Å². The average molecular weight is 267 g/mol. The topological polar surface area (TPSA) is 50.1 Å². The van der Waals surface area contributed by atoms with Crippen molar-refractivity contribution in [3.8, 4) is 5.75 Å². The predicted molar refractivity (Wildman–Crippen MR) is 80.9 cm³/mol. The minimum Gasteiger partial charge on any atom is -0.507 e. The van der Waals surface area contributed by atoms with Gasteiger partial charge in [-0.2, -0.15) is 5.10 Å². The molecule has 2 aromatic carbocycles. The van der Waals surface area contributed by atoms with E-state index in [1.165, 1.54) is 0 Å². The largest absolute Gasteiger partial charge is 0.507 e. The van der Waals surface area contributed by atoms with Gasteiger partial charge in [0.15, 0.2) is 0 Å². The molecule has 4 heteroatoms. The summed E-state index contributed by atoms with van der Waals surface area (Å²) in [6.45, 7) is 2.02. The lowest BCUT2D eigenvalue weighted by Gasteiger charge is -2.16. The van der Waals surface area contributed by atoms with Gasteiger partial charge in [-0.05, 0) is 12.3 Å². The number of hydrogen-bond donors (Lipinski definition) is 2. The lowest BCUT2D eigenvalue weighted by atomic mass is 10.0. The van der Waals surface area contributed by atoms with Crippen LogP contribution in [0.4, 0.5) is 5.69 Å². The van der Waals surface area contributed by atoms with Crippen LogP contribution in [0.5, 0.6) is 5.75 Å². The van der Waals surface area contributed by atoms with Crippen molar-refractivity contribution in [3.63, 3.8) is 0 Å². The highest BCUT2D eigenvalue weighted by Crippen LogP contribution is 2.33. The molecule has 0 aliphatic heterocycles. The zero-order valence-electron chi connectivity index (χ0n) is 11.5. The Bertz CT molecular complexity index is 748. The van der Waals surface area contributed by atoms with Crippen molar-refractivity contribution in [2.75, 3.05) is 5.32 Å². The van der Waals surface area contributed by atoms with Crippen LogP contribution in [-0.2, 0) is 7.05 Å². The Morgan fingerprint density at radius 2 is 2.00 bits per heavy atom. The minimum absolute atomic E-state index is 0.00352. The van der Waals surface area contributed by atoms with Gasteiger partial charge in [-0.1, -0.05) is 36.4 Å². The molecule has 0 saturated carbocycles. The van der Waals surface area contributed by atoms with Crippen molar-refractivity contribution in [2.45, 2.75) is 13.0 Å². The molecule has 0 saturated heterocycles. The number of aryl methyl sites for hydroxylation is 1. The second kappa shape index (κ2) is 4.89. The summed E-state index contributed by atoms with van der Waals surface area (Å²) in [5, 5.41) is 19.8. The number of aromatic hydroxyl groups is 1. The van der Waals surface area contributed by atoms with Crippen molar-refractivity contribution < 1.29 is 5.11 Å². The molecule has 2 N–H and O–H groups in total. The first-order valence-corrected chi connectivity index (χ1v) is 6.61. The van der Waals surface area contributed by atoms with E-state index in [0.29, 0.717) is 5.75 Å². The van der Waals surface area contributed by atoms with Gasteiger partial charge in [0, 0.05) is 24.2 Å². The lowest BCUT2D eigenvalue weighted by molar-refractivity contribution is 0.472. The van der Waals surface area contributed by atoms with Crippen LogP contribution in [0.3, 0.4) is 0 Å². The number of anilines is 1. The van der Waals surface area contributed by atoms with Gasteiger partial charge in [0.2, 0.25) is 0 Å². The lowest BCUT2D eigenvalue weighted by Crippen LogP contribution is -2.06. The van der Waals surface area contributed by atoms with Gasteiger partial charge in [-0.25, -0.2) is 0 Å². The summed E-state index contributed by atoms with van der Waals surface area (Å²) in [7, 11) is 1.88. The normalized spacial score (nSPS) is 12.5. The molecular weight excluding hydrogens is 250 g/mol. The highest BCUT2D eigenvalue weighted by molar-refractivity contribution is 5.89. The Morgan fingerprint density at radius 1 is 1.20 bits per heavy atom. The third-order valence-electron chi connectivity index (χ3n) is 3.49. The van der Waals surface area contributed by atoms with E-state index >= 15 is 0 Å². The molecule has 0 radical (unpaired) electrons. The van der Waals surface area contributed by atoms with E-state index in [1.807, 2.05) is 56.6 Å². The van der Waals surface area contributed by atoms with E-state index in [2.05, 4.69) is 10.4 Å². The van der Waals surface area contributed by atoms with Gasteiger partial charge in [0.1, 0.15) is 5.75 Å². The van der Waals surface area contributed by atoms with Crippen molar-refractivity contribution in [1.82, 2.24) is 9.78 Å². The SMILES string of the molecule is CC(Nc1cnn(C)c1)c1ccc2ccccc2c1O. The molecule has 3 aromatic rings. The predicted octanol–water partition coefficient (Wildman–Crippen LogP) is 3.45. The number of aromatic nitrogens is 2. The monoisotopic (exact) mass is 267 g/mol. The first-order chi connectivity index (χ1) is 9.65. The zero-order valence-corrected chi connectivity index (χ0v) is 11.5. The molecule has 0 fully saturated rings. The van der Waals surface area contributed by atoms with Crippen LogP contribution in [0.25, 0.3) is 10.8 Å². The Morgan fingerprint density at radius 3 is 2.75 bits per heavy atom. The second-order valence-electron chi connectivity index (χ2n) is 4.99. The number of phenols is 1.